The number of urea groups is 1. The second-order valence-electron chi connectivity index (χ2n) is 7.31. The molecule has 4 N–H and O–H groups in total. The van der Waals surface area contributed by atoms with Gasteiger partial charge in [0.25, 0.3) is 11.8 Å². The number of rotatable bonds is 5. The largest absolute Gasteiger partial charge is 0.351 e. The monoisotopic (exact) mass is 487 g/mol. The maximum atomic E-state index is 13.3. The fourth-order valence-electron chi connectivity index (χ4n) is 3.52. The number of carbonyl (C=O) groups is 3. The van der Waals surface area contributed by atoms with Gasteiger partial charge in [-0.05, 0) is 43.7 Å². The highest BCUT2D eigenvalue weighted by atomic mass is 79.9. The van der Waals surface area contributed by atoms with E-state index in [0.29, 0.717) is 30.8 Å². The Balaban J connectivity index is 1.88. The average Bonchev–Trinajstić information content (AvgIpc) is 2.76. The number of nitrogens with zero attached hydrogens (tertiary/aromatic N) is 2. The molecule has 3 rings (SSSR count). The number of halogens is 1. The smallest absolute Gasteiger partial charge is 0.323 e. The lowest BCUT2D eigenvalue weighted by Gasteiger charge is -2.42. The number of carbonyl (C=O) groups excluding carboxylic acids is 3. The minimum atomic E-state index is -1.07. The summed E-state index contributed by atoms with van der Waals surface area (Å²) < 4.78 is 0.817. The molecule has 1 aliphatic heterocycles. The molecular weight excluding hydrogens is 462 g/mol. The molecule has 4 amide bonds. The predicted octanol–water partition coefficient (Wildman–Crippen LogP) is 2.54. The molecule has 0 saturated carbocycles. The summed E-state index contributed by atoms with van der Waals surface area (Å²) in [5.74, 6) is -0.730. The second kappa shape index (κ2) is 10.4. The summed E-state index contributed by atoms with van der Waals surface area (Å²) in [5, 5.41) is 5.54. The van der Waals surface area contributed by atoms with Crippen LogP contribution in [-0.4, -0.2) is 60.0 Å². The molecule has 31 heavy (non-hydrogen) atoms. The Kier molecular flexibility index (Phi) is 7.64. The zero-order chi connectivity index (χ0) is 22.4. The first-order valence-electron chi connectivity index (χ1n) is 10.1. The van der Waals surface area contributed by atoms with Gasteiger partial charge in [0.05, 0.1) is 0 Å². The Morgan fingerprint density at radius 3 is 2.55 bits per heavy atom. The average molecular weight is 488 g/mol. The number of hydrogen-bond acceptors (Lipinski definition) is 4. The Hall–Kier alpha value is -2.91. The number of aryl methyl sites for hydroxylation is 1. The van der Waals surface area contributed by atoms with Crippen molar-refractivity contribution in [1.82, 2.24) is 15.1 Å². The summed E-state index contributed by atoms with van der Waals surface area (Å²) in [6.45, 7) is 3.12. The molecule has 0 radical (unpaired) electrons. The summed E-state index contributed by atoms with van der Waals surface area (Å²) in [6.07, 6.45) is -0.509. The van der Waals surface area contributed by atoms with E-state index in [9.17, 15) is 14.4 Å². The van der Waals surface area contributed by atoms with Crippen LogP contribution in [-0.2, 0) is 4.79 Å². The molecule has 2 aromatic rings. The van der Waals surface area contributed by atoms with E-state index >= 15 is 0 Å². The standard InChI is InChI=1S/C22H26BrN5O3/c1-15-5-2-6-16(13-15)21(30)27-11-4-12-28(20(27)19(29)25-10-9-24)22(31)26-18-8-3-7-17(23)14-18/h2-3,5-8,13-14,20H,4,9-12,24H2,1H3,(H,25,29)(H,26,31). The van der Waals surface area contributed by atoms with Crippen molar-refractivity contribution in [2.45, 2.75) is 19.5 Å². The van der Waals surface area contributed by atoms with Crippen LogP contribution in [0.4, 0.5) is 10.5 Å². The van der Waals surface area contributed by atoms with E-state index in [1.165, 1.54) is 9.80 Å². The lowest BCUT2D eigenvalue weighted by molar-refractivity contribution is -0.132. The van der Waals surface area contributed by atoms with Crippen molar-refractivity contribution in [2.75, 3.05) is 31.5 Å². The number of nitrogens with two attached hydrogens (primary N) is 1. The fourth-order valence-corrected chi connectivity index (χ4v) is 3.92. The van der Waals surface area contributed by atoms with Crippen molar-refractivity contribution in [1.29, 1.82) is 0 Å². The van der Waals surface area contributed by atoms with Crippen molar-refractivity contribution < 1.29 is 14.4 Å². The Morgan fingerprint density at radius 1 is 1.10 bits per heavy atom. The number of nitrogens with one attached hydrogen (secondary N) is 2. The lowest BCUT2D eigenvalue weighted by atomic mass is 10.1. The maximum absolute atomic E-state index is 13.3. The van der Waals surface area contributed by atoms with E-state index in [2.05, 4.69) is 26.6 Å². The summed E-state index contributed by atoms with van der Waals surface area (Å²) in [5.41, 5.74) is 7.53. The second-order valence-corrected chi connectivity index (χ2v) is 8.22. The van der Waals surface area contributed by atoms with Crippen LogP contribution in [0.1, 0.15) is 22.3 Å². The molecule has 0 bridgehead atoms. The third-order valence-corrected chi connectivity index (χ3v) is 5.42. The van der Waals surface area contributed by atoms with Gasteiger partial charge in [-0.15, -0.1) is 0 Å². The summed E-state index contributed by atoms with van der Waals surface area (Å²) in [6, 6.07) is 13.9. The molecule has 9 heteroatoms. The van der Waals surface area contributed by atoms with Crippen molar-refractivity contribution >= 4 is 39.5 Å². The molecule has 1 atom stereocenters. The highest BCUT2D eigenvalue weighted by Gasteiger charge is 2.40. The highest BCUT2D eigenvalue weighted by Crippen LogP contribution is 2.21. The van der Waals surface area contributed by atoms with Gasteiger partial charge in [0.2, 0.25) is 0 Å². The van der Waals surface area contributed by atoms with Crippen LogP contribution in [0.2, 0.25) is 0 Å². The summed E-state index contributed by atoms with van der Waals surface area (Å²) >= 11 is 3.38. The third-order valence-electron chi connectivity index (χ3n) is 4.93. The first-order valence-corrected chi connectivity index (χ1v) is 10.9. The van der Waals surface area contributed by atoms with Crippen LogP contribution in [0.3, 0.4) is 0 Å². The van der Waals surface area contributed by atoms with E-state index < -0.39 is 18.1 Å². The Labute approximate surface area is 189 Å². The lowest BCUT2D eigenvalue weighted by Crippen LogP contribution is -2.64. The van der Waals surface area contributed by atoms with Crippen molar-refractivity contribution in [3.05, 3.63) is 64.1 Å². The van der Waals surface area contributed by atoms with E-state index in [0.717, 1.165) is 10.0 Å². The van der Waals surface area contributed by atoms with Gasteiger partial charge in [0, 0.05) is 41.9 Å². The zero-order valence-electron chi connectivity index (χ0n) is 17.3. The van der Waals surface area contributed by atoms with Crippen LogP contribution in [0, 0.1) is 6.92 Å². The molecule has 1 aliphatic rings. The van der Waals surface area contributed by atoms with Gasteiger partial charge in [0.1, 0.15) is 0 Å². The maximum Gasteiger partial charge on any atom is 0.323 e. The molecule has 1 fully saturated rings. The number of amides is 4. The van der Waals surface area contributed by atoms with E-state index in [1.54, 1.807) is 36.4 Å². The van der Waals surface area contributed by atoms with Gasteiger partial charge < -0.3 is 21.3 Å². The number of hydrogen-bond donors (Lipinski definition) is 3. The normalized spacial score (nSPS) is 16.0. The van der Waals surface area contributed by atoms with Crippen LogP contribution < -0.4 is 16.4 Å². The van der Waals surface area contributed by atoms with E-state index in [4.69, 9.17) is 5.73 Å². The van der Waals surface area contributed by atoms with E-state index in [1.807, 2.05) is 19.1 Å². The topological polar surface area (TPSA) is 108 Å². The minimum Gasteiger partial charge on any atom is -0.351 e. The van der Waals surface area contributed by atoms with E-state index in [-0.39, 0.29) is 19.0 Å². The van der Waals surface area contributed by atoms with Crippen LogP contribution in [0.15, 0.2) is 53.0 Å². The van der Waals surface area contributed by atoms with Gasteiger partial charge >= 0.3 is 6.03 Å². The molecule has 0 aliphatic carbocycles. The molecule has 1 unspecified atom stereocenters. The van der Waals surface area contributed by atoms with Crippen LogP contribution in [0.5, 0.6) is 0 Å². The molecule has 1 heterocycles. The van der Waals surface area contributed by atoms with Gasteiger partial charge in [-0.3, -0.25) is 14.5 Å². The molecule has 2 aromatic carbocycles. The quantitative estimate of drug-likeness (QED) is 0.601. The van der Waals surface area contributed by atoms with Gasteiger partial charge in [-0.25, -0.2) is 4.79 Å². The van der Waals surface area contributed by atoms with Crippen molar-refractivity contribution in [3.8, 4) is 0 Å². The number of benzene rings is 2. The highest BCUT2D eigenvalue weighted by molar-refractivity contribution is 9.10. The molecule has 0 aromatic heterocycles. The molecule has 0 spiro atoms. The summed E-state index contributed by atoms with van der Waals surface area (Å²) in [4.78, 5) is 42.2. The fraction of sp³-hybridized carbons (Fsp3) is 0.318. The van der Waals surface area contributed by atoms with Crippen LogP contribution in [0.25, 0.3) is 0 Å². The van der Waals surface area contributed by atoms with Crippen molar-refractivity contribution in [3.63, 3.8) is 0 Å². The number of anilines is 1. The summed E-state index contributed by atoms with van der Waals surface area (Å²) in [7, 11) is 0. The first-order chi connectivity index (χ1) is 14.9. The Morgan fingerprint density at radius 2 is 1.84 bits per heavy atom. The zero-order valence-corrected chi connectivity index (χ0v) is 18.9. The molecular formula is C22H26BrN5O3. The molecule has 8 nitrogen and oxygen atoms in total. The van der Waals surface area contributed by atoms with Gasteiger partial charge in [-0.1, -0.05) is 39.7 Å². The minimum absolute atomic E-state index is 0.253. The first kappa shape index (κ1) is 22.8. The third kappa shape index (κ3) is 5.62. The predicted molar refractivity (Wildman–Crippen MR) is 123 cm³/mol. The SMILES string of the molecule is Cc1cccc(C(=O)N2CCCN(C(=O)Nc3cccc(Br)c3)C2C(=O)NCCN)c1. The van der Waals surface area contributed by atoms with Crippen molar-refractivity contribution in [2.24, 2.45) is 5.73 Å². The molecule has 164 valence electrons. The Bertz CT molecular complexity index is 968. The van der Waals surface area contributed by atoms with Gasteiger partial charge in [-0.2, -0.15) is 0 Å². The molecule has 1 saturated heterocycles. The van der Waals surface area contributed by atoms with Gasteiger partial charge in [0.15, 0.2) is 6.17 Å². The van der Waals surface area contributed by atoms with Crippen LogP contribution >= 0.6 is 15.9 Å².